The Bertz CT molecular complexity index is 293. The van der Waals surface area contributed by atoms with E-state index in [1.54, 1.807) is 6.92 Å². The van der Waals surface area contributed by atoms with Crippen LogP contribution >= 0.6 is 0 Å². The monoisotopic (exact) mass is 177 g/mol. The smallest absolute Gasteiger partial charge is 0.0776 e. The second-order valence-corrected chi connectivity index (χ2v) is 3.17. The molecule has 0 aliphatic heterocycles. The highest BCUT2D eigenvalue weighted by Crippen LogP contribution is 2.12. The van der Waals surface area contributed by atoms with Crippen LogP contribution in [0.25, 0.3) is 0 Å². The molecule has 1 heterocycles. The molecule has 1 aromatic heterocycles. The third kappa shape index (κ3) is 2.96. The van der Waals surface area contributed by atoms with Gasteiger partial charge in [0.15, 0.2) is 0 Å². The van der Waals surface area contributed by atoms with Crippen LogP contribution in [-0.4, -0.2) is 9.67 Å². The molecule has 1 atom stereocenters. The molecule has 0 amide bonds. The SMILES string of the molecule is C#CCCCn1ccc(C(C)O)c1. The molecule has 0 radical (unpaired) electrons. The summed E-state index contributed by atoms with van der Waals surface area (Å²) in [6.07, 6.45) is 10.5. The van der Waals surface area contributed by atoms with E-state index in [1.807, 2.05) is 18.5 Å². The number of rotatable bonds is 4. The molecule has 0 spiro atoms. The standard InChI is InChI=1S/C11H15NO/c1-3-4-5-7-12-8-6-11(9-12)10(2)13/h1,6,8-10,13H,4-5,7H2,2H3. The Morgan fingerprint density at radius 3 is 3.00 bits per heavy atom. The molecular weight excluding hydrogens is 162 g/mol. The fraction of sp³-hybridized carbons (Fsp3) is 0.455. The van der Waals surface area contributed by atoms with Crippen LogP contribution in [-0.2, 0) is 6.54 Å². The van der Waals surface area contributed by atoms with Crippen LogP contribution in [0, 0.1) is 12.3 Å². The van der Waals surface area contributed by atoms with E-state index in [1.165, 1.54) is 0 Å². The van der Waals surface area contributed by atoms with Gasteiger partial charge < -0.3 is 9.67 Å². The fourth-order valence-corrected chi connectivity index (χ4v) is 1.21. The highest BCUT2D eigenvalue weighted by atomic mass is 16.3. The van der Waals surface area contributed by atoms with Crippen LogP contribution in [0.1, 0.15) is 31.4 Å². The van der Waals surface area contributed by atoms with Gasteiger partial charge in [0.25, 0.3) is 0 Å². The fourth-order valence-electron chi connectivity index (χ4n) is 1.21. The van der Waals surface area contributed by atoms with Gasteiger partial charge >= 0.3 is 0 Å². The Balaban J connectivity index is 2.45. The number of terminal acetylenes is 1. The molecule has 2 nitrogen and oxygen atoms in total. The average molecular weight is 177 g/mol. The first-order chi connectivity index (χ1) is 6.24. The molecule has 1 unspecified atom stereocenters. The Labute approximate surface area is 79.2 Å². The summed E-state index contributed by atoms with van der Waals surface area (Å²) in [5.74, 6) is 2.60. The average Bonchev–Trinajstić information content (AvgIpc) is 2.53. The normalized spacial score (nSPS) is 12.4. The first-order valence-electron chi connectivity index (χ1n) is 4.51. The van der Waals surface area contributed by atoms with Gasteiger partial charge in [0.05, 0.1) is 6.10 Å². The van der Waals surface area contributed by atoms with Crippen molar-refractivity contribution in [3.05, 3.63) is 24.0 Å². The number of aromatic nitrogens is 1. The minimum Gasteiger partial charge on any atom is -0.389 e. The molecule has 2 heteroatoms. The quantitative estimate of drug-likeness (QED) is 0.552. The Morgan fingerprint density at radius 1 is 1.69 bits per heavy atom. The third-order valence-corrected chi connectivity index (χ3v) is 1.99. The summed E-state index contributed by atoms with van der Waals surface area (Å²) in [4.78, 5) is 0. The van der Waals surface area contributed by atoms with Crippen molar-refractivity contribution in [2.75, 3.05) is 0 Å². The number of hydrogen-bond acceptors (Lipinski definition) is 1. The molecule has 0 fully saturated rings. The number of hydrogen-bond donors (Lipinski definition) is 1. The molecule has 0 aliphatic rings. The molecule has 0 aromatic carbocycles. The highest BCUT2D eigenvalue weighted by molar-refractivity contribution is 5.12. The van der Waals surface area contributed by atoms with Gasteiger partial charge in [-0.25, -0.2) is 0 Å². The van der Waals surface area contributed by atoms with Crippen LogP contribution in [0.15, 0.2) is 18.5 Å². The van der Waals surface area contributed by atoms with E-state index in [2.05, 4.69) is 10.5 Å². The summed E-state index contributed by atoms with van der Waals surface area (Å²) >= 11 is 0. The largest absolute Gasteiger partial charge is 0.389 e. The van der Waals surface area contributed by atoms with Gasteiger partial charge in [0, 0.05) is 25.4 Å². The van der Waals surface area contributed by atoms with Crippen LogP contribution in [0.2, 0.25) is 0 Å². The topological polar surface area (TPSA) is 25.2 Å². The number of unbranched alkanes of at least 4 members (excludes halogenated alkanes) is 1. The first-order valence-corrected chi connectivity index (χ1v) is 4.51. The molecule has 1 N–H and O–H groups in total. The molecule has 0 saturated carbocycles. The van der Waals surface area contributed by atoms with Crippen molar-refractivity contribution in [2.24, 2.45) is 0 Å². The van der Waals surface area contributed by atoms with Crippen molar-refractivity contribution in [1.82, 2.24) is 4.57 Å². The number of nitrogens with zero attached hydrogens (tertiary/aromatic N) is 1. The van der Waals surface area contributed by atoms with Crippen LogP contribution in [0.4, 0.5) is 0 Å². The molecule has 1 aromatic rings. The molecule has 0 aliphatic carbocycles. The summed E-state index contributed by atoms with van der Waals surface area (Å²) < 4.78 is 2.05. The minimum atomic E-state index is -0.381. The number of aryl methyl sites for hydroxylation is 1. The Hall–Kier alpha value is -1.20. The Kier molecular flexibility index (Phi) is 3.60. The third-order valence-electron chi connectivity index (χ3n) is 1.99. The molecule has 0 saturated heterocycles. The van der Waals surface area contributed by atoms with Crippen molar-refractivity contribution in [2.45, 2.75) is 32.4 Å². The maximum absolute atomic E-state index is 9.26. The lowest BCUT2D eigenvalue weighted by Crippen LogP contribution is -1.94. The van der Waals surface area contributed by atoms with Gasteiger partial charge in [-0.05, 0) is 25.0 Å². The van der Waals surface area contributed by atoms with E-state index in [-0.39, 0.29) is 6.10 Å². The molecule has 1 rings (SSSR count). The zero-order valence-electron chi connectivity index (χ0n) is 7.90. The van der Waals surface area contributed by atoms with Crippen molar-refractivity contribution < 1.29 is 5.11 Å². The van der Waals surface area contributed by atoms with Gasteiger partial charge in [-0.3, -0.25) is 0 Å². The van der Waals surface area contributed by atoms with Gasteiger partial charge in [-0.15, -0.1) is 12.3 Å². The summed E-state index contributed by atoms with van der Waals surface area (Å²) in [6.45, 7) is 2.69. The highest BCUT2D eigenvalue weighted by Gasteiger charge is 2.01. The Morgan fingerprint density at radius 2 is 2.46 bits per heavy atom. The summed E-state index contributed by atoms with van der Waals surface area (Å²) in [5, 5.41) is 9.26. The second-order valence-electron chi connectivity index (χ2n) is 3.17. The van der Waals surface area contributed by atoms with Crippen LogP contribution < -0.4 is 0 Å². The van der Waals surface area contributed by atoms with Crippen LogP contribution in [0.3, 0.4) is 0 Å². The lowest BCUT2D eigenvalue weighted by molar-refractivity contribution is 0.199. The van der Waals surface area contributed by atoms with E-state index in [9.17, 15) is 5.11 Å². The van der Waals surface area contributed by atoms with E-state index >= 15 is 0 Å². The minimum absolute atomic E-state index is 0.381. The summed E-state index contributed by atoms with van der Waals surface area (Å²) in [5.41, 5.74) is 0.959. The van der Waals surface area contributed by atoms with E-state index in [4.69, 9.17) is 6.42 Å². The first kappa shape index (κ1) is 9.88. The van der Waals surface area contributed by atoms with Crippen LogP contribution in [0.5, 0.6) is 0 Å². The second kappa shape index (κ2) is 4.74. The molecule has 0 bridgehead atoms. The number of aliphatic hydroxyl groups excluding tert-OH is 1. The maximum Gasteiger partial charge on any atom is 0.0776 e. The van der Waals surface area contributed by atoms with E-state index in [0.29, 0.717) is 0 Å². The van der Waals surface area contributed by atoms with Gasteiger partial charge in [0.1, 0.15) is 0 Å². The van der Waals surface area contributed by atoms with Crippen molar-refractivity contribution in [3.63, 3.8) is 0 Å². The lowest BCUT2D eigenvalue weighted by atomic mass is 10.2. The lowest BCUT2D eigenvalue weighted by Gasteiger charge is -2.00. The maximum atomic E-state index is 9.26. The van der Waals surface area contributed by atoms with Gasteiger partial charge in [-0.1, -0.05) is 0 Å². The van der Waals surface area contributed by atoms with E-state index in [0.717, 1.165) is 24.9 Å². The van der Waals surface area contributed by atoms with E-state index < -0.39 is 0 Å². The van der Waals surface area contributed by atoms with Crippen molar-refractivity contribution >= 4 is 0 Å². The molecule has 13 heavy (non-hydrogen) atoms. The zero-order chi connectivity index (χ0) is 9.68. The zero-order valence-corrected chi connectivity index (χ0v) is 7.90. The predicted molar refractivity (Wildman–Crippen MR) is 53.1 cm³/mol. The molecule has 70 valence electrons. The van der Waals surface area contributed by atoms with Crippen molar-refractivity contribution in [1.29, 1.82) is 0 Å². The number of aliphatic hydroxyl groups is 1. The van der Waals surface area contributed by atoms with Gasteiger partial charge in [0.2, 0.25) is 0 Å². The summed E-state index contributed by atoms with van der Waals surface area (Å²) in [7, 11) is 0. The predicted octanol–water partition coefficient (Wildman–Crippen LogP) is 1.95. The summed E-state index contributed by atoms with van der Waals surface area (Å²) in [6, 6.07) is 1.93. The molecular formula is C11H15NO. The van der Waals surface area contributed by atoms with Crippen molar-refractivity contribution in [3.8, 4) is 12.3 Å². The van der Waals surface area contributed by atoms with Gasteiger partial charge in [-0.2, -0.15) is 0 Å².